The number of benzene rings is 5. The monoisotopic (exact) mass is 657 g/mol. The van der Waals surface area contributed by atoms with Crippen molar-refractivity contribution in [3.8, 4) is 0 Å². The van der Waals surface area contributed by atoms with Crippen molar-refractivity contribution in [1.29, 1.82) is 0 Å². The van der Waals surface area contributed by atoms with Gasteiger partial charge in [-0.25, -0.2) is 0 Å². The van der Waals surface area contributed by atoms with Crippen molar-refractivity contribution in [2.24, 2.45) is 0 Å². The molecule has 0 saturated carbocycles. The molecule has 0 atom stereocenters. The number of carbonyl (C=O) groups excluding carboxylic acids is 1. The van der Waals surface area contributed by atoms with Crippen LogP contribution in [0.3, 0.4) is 0 Å². The number of thioether (sulfide) groups is 1. The van der Waals surface area contributed by atoms with Gasteiger partial charge in [0.1, 0.15) is 0 Å². The zero-order valence-corrected chi connectivity index (χ0v) is 29.6. The van der Waals surface area contributed by atoms with Gasteiger partial charge in [-0.05, 0) is 92.7 Å². The van der Waals surface area contributed by atoms with Crippen molar-refractivity contribution >= 4 is 66.3 Å². The van der Waals surface area contributed by atoms with E-state index in [2.05, 4.69) is 172 Å². The maximum absolute atomic E-state index is 12.6. The molecule has 0 radical (unpaired) electrons. The fraction of sp³-hybridized carbons (Fsp3) is 0.159. The van der Waals surface area contributed by atoms with Gasteiger partial charge >= 0.3 is 0 Å². The summed E-state index contributed by atoms with van der Waals surface area (Å²) in [6.07, 6.45) is 7.75. The summed E-state index contributed by atoms with van der Waals surface area (Å²) in [5, 5.41) is 2.49. The van der Waals surface area contributed by atoms with Crippen LogP contribution in [-0.2, 0) is 10.2 Å². The Morgan fingerprint density at radius 3 is 1.67 bits per heavy atom. The molecular weight excluding hydrogens is 619 g/mol. The second-order valence-electron chi connectivity index (χ2n) is 13.7. The molecule has 4 nitrogen and oxygen atoms in total. The molecule has 2 aliphatic carbocycles. The molecule has 0 fully saturated rings. The van der Waals surface area contributed by atoms with Gasteiger partial charge < -0.3 is 14.7 Å². The lowest BCUT2D eigenvalue weighted by molar-refractivity contribution is -0.110. The lowest BCUT2D eigenvalue weighted by Gasteiger charge is -2.30. The predicted molar refractivity (Wildman–Crippen MR) is 212 cm³/mol. The zero-order chi connectivity index (χ0) is 34.0. The topological polar surface area (TPSA) is 26.8 Å². The summed E-state index contributed by atoms with van der Waals surface area (Å²) in [7, 11) is 12.5. The van der Waals surface area contributed by atoms with Gasteiger partial charge in [-0.2, -0.15) is 0 Å². The molecule has 0 unspecified atom stereocenters. The number of nitrogens with zero attached hydrogens (tertiary/aromatic N) is 3. The van der Waals surface area contributed by atoms with Gasteiger partial charge in [0.15, 0.2) is 5.78 Å². The predicted octanol–water partition coefficient (Wildman–Crippen LogP) is 9.52. The maximum atomic E-state index is 12.6. The molecule has 1 spiro atoms. The summed E-state index contributed by atoms with van der Waals surface area (Å²) in [6, 6.07) is 38.0. The highest BCUT2D eigenvalue weighted by Gasteiger charge is 2.46. The zero-order valence-electron chi connectivity index (χ0n) is 28.8. The van der Waals surface area contributed by atoms with Crippen LogP contribution in [0, 0.1) is 0 Å². The van der Waals surface area contributed by atoms with Crippen molar-refractivity contribution in [3.05, 3.63) is 161 Å². The first-order valence-corrected chi connectivity index (χ1v) is 17.5. The van der Waals surface area contributed by atoms with Crippen LogP contribution in [-0.4, -0.2) is 48.1 Å². The van der Waals surface area contributed by atoms with E-state index < -0.39 is 5.41 Å². The van der Waals surface area contributed by atoms with E-state index in [1.807, 2.05) is 11.8 Å². The number of carbonyl (C=O) groups is 1. The van der Waals surface area contributed by atoms with E-state index in [4.69, 9.17) is 0 Å². The van der Waals surface area contributed by atoms with Crippen molar-refractivity contribution in [2.45, 2.75) is 5.41 Å². The number of anilines is 3. The summed E-state index contributed by atoms with van der Waals surface area (Å²) in [6.45, 7) is 0. The smallest absolute Gasteiger partial charge is 0.178 e. The molecule has 5 heteroatoms. The third-order valence-electron chi connectivity index (χ3n) is 10.1. The van der Waals surface area contributed by atoms with E-state index in [1.165, 1.54) is 70.9 Å². The fourth-order valence-electron chi connectivity index (χ4n) is 7.50. The molecular formula is C44H39N3OS. The molecule has 242 valence electrons. The van der Waals surface area contributed by atoms with Crippen LogP contribution in [0.15, 0.2) is 127 Å². The van der Waals surface area contributed by atoms with Crippen LogP contribution < -0.4 is 14.7 Å². The van der Waals surface area contributed by atoms with E-state index in [0.717, 1.165) is 11.3 Å². The molecule has 1 heterocycles. The Bertz CT molecular complexity index is 2200. The Morgan fingerprint density at radius 2 is 1.14 bits per heavy atom. The molecule has 49 heavy (non-hydrogen) atoms. The first-order valence-electron chi connectivity index (χ1n) is 16.7. The van der Waals surface area contributed by atoms with Gasteiger partial charge in [0.2, 0.25) is 0 Å². The number of allylic oxidation sites excluding steroid dienone is 5. The van der Waals surface area contributed by atoms with Crippen LogP contribution in [0.2, 0.25) is 0 Å². The standard InChI is InChI=1S/C44H39N3OS/c1-45(2)32-17-10-29(11-18-32)38(30-12-19-33(20-13-30)46(3)4)42-36-9-7-8-28-16-23-37-40(39(28)36)43(49-42)41(44(37)26-24-35(48)25-27-44)31-14-21-34(22-15-31)47(5)6/h7-27H,1-6H3. The van der Waals surface area contributed by atoms with Gasteiger partial charge in [-0.1, -0.05) is 90.6 Å². The highest BCUT2D eigenvalue weighted by atomic mass is 32.2. The number of fused-ring (bicyclic) bond motifs is 1. The molecule has 8 rings (SSSR count). The van der Waals surface area contributed by atoms with Crippen molar-refractivity contribution < 1.29 is 4.79 Å². The summed E-state index contributed by atoms with van der Waals surface area (Å²) in [5.74, 6) is 0.0251. The highest BCUT2D eigenvalue weighted by Crippen LogP contribution is 2.64. The first kappa shape index (κ1) is 31.0. The van der Waals surface area contributed by atoms with Crippen LogP contribution >= 0.6 is 11.8 Å². The Balaban J connectivity index is 1.47. The van der Waals surface area contributed by atoms with Gasteiger partial charge in [0.05, 0.1) is 5.41 Å². The van der Waals surface area contributed by atoms with E-state index in [-0.39, 0.29) is 5.78 Å². The van der Waals surface area contributed by atoms with Gasteiger partial charge in [0, 0.05) is 80.3 Å². The Labute approximate surface area is 293 Å². The summed E-state index contributed by atoms with van der Waals surface area (Å²) in [4.78, 5) is 21.5. The van der Waals surface area contributed by atoms with Crippen LogP contribution in [0.1, 0.15) is 33.4 Å². The lowest BCUT2D eigenvalue weighted by atomic mass is 9.72. The van der Waals surface area contributed by atoms with Gasteiger partial charge in [-0.15, -0.1) is 0 Å². The van der Waals surface area contributed by atoms with Crippen LogP contribution in [0.4, 0.5) is 17.1 Å². The van der Waals surface area contributed by atoms with Crippen molar-refractivity contribution in [3.63, 3.8) is 0 Å². The van der Waals surface area contributed by atoms with E-state index in [9.17, 15) is 4.79 Å². The van der Waals surface area contributed by atoms with Crippen molar-refractivity contribution in [2.75, 3.05) is 57.0 Å². The average molecular weight is 658 g/mol. The first-order chi connectivity index (χ1) is 23.7. The second kappa shape index (κ2) is 11.7. The number of hydrogen-bond acceptors (Lipinski definition) is 5. The Hall–Kier alpha value is -5.26. The minimum absolute atomic E-state index is 0.0251. The molecule has 0 amide bonds. The normalized spacial score (nSPS) is 15.4. The Kier molecular flexibility index (Phi) is 7.42. The highest BCUT2D eigenvalue weighted by molar-refractivity contribution is 8.17. The summed E-state index contributed by atoms with van der Waals surface area (Å²) >= 11 is 1.88. The lowest BCUT2D eigenvalue weighted by Crippen LogP contribution is -2.23. The SMILES string of the molecule is CN(C)c1ccc(C(=C2SC3=C(c4ccc(N(C)C)cc4)C4(C=CC(=O)C=C4)c4ccc5cccc2c5c43)c2ccc(N(C)C)cc2)cc1. The molecule has 0 aromatic heterocycles. The number of ketones is 1. The second-order valence-corrected chi connectivity index (χ2v) is 14.7. The Morgan fingerprint density at radius 1 is 0.612 bits per heavy atom. The van der Waals surface area contributed by atoms with E-state index >= 15 is 0 Å². The van der Waals surface area contributed by atoms with Crippen molar-refractivity contribution in [1.82, 2.24) is 0 Å². The van der Waals surface area contributed by atoms with E-state index in [1.54, 1.807) is 12.2 Å². The fourth-order valence-corrected chi connectivity index (χ4v) is 9.03. The van der Waals surface area contributed by atoms with Gasteiger partial charge in [-0.3, -0.25) is 4.79 Å². The minimum Gasteiger partial charge on any atom is -0.378 e. The van der Waals surface area contributed by atoms with Crippen LogP contribution in [0.5, 0.6) is 0 Å². The largest absolute Gasteiger partial charge is 0.378 e. The number of hydrogen-bond donors (Lipinski definition) is 0. The molecule has 0 saturated heterocycles. The minimum atomic E-state index is -0.553. The third-order valence-corrected chi connectivity index (χ3v) is 11.3. The van der Waals surface area contributed by atoms with Crippen LogP contribution in [0.25, 0.3) is 31.7 Å². The van der Waals surface area contributed by atoms with Gasteiger partial charge in [0.25, 0.3) is 0 Å². The molecule has 1 aliphatic heterocycles. The van der Waals surface area contributed by atoms with E-state index in [0.29, 0.717) is 0 Å². The average Bonchev–Trinajstić information content (AvgIpc) is 3.38. The summed E-state index contributed by atoms with van der Waals surface area (Å²) in [5.41, 5.74) is 12.6. The maximum Gasteiger partial charge on any atom is 0.178 e. The molecule has 0 N–H and O–H groups in total. The summed E-state index contributed by atoms with van der Waals surface area (Å²) < 4.78 is 0. The molecule has 0 bridgehead atoms. The molecule has 5 aromatic rings. The molecule has 5 aromatic carbocycles. The molecule has 3 aliphatic rings. The number of rotatable bonds is 6. The quantitative estimate of drug-likeness (QED) is 0.181. The third kappa shape index (κ3) is 4.95.